The van der Waals surface area contributed by atoms with E-state index in [1.807, 2.05) is 0 Å². The Labute approximate surface area is 116 Å². The van der Waals surface area contributed by atoms with Gasteiger partial charge in [0, 0.05) is 6.20 Å². The molecule has 1 aromatic heterocycles. The van der Waals surface area contributed by atoms with E-state index in [0.29, 0.717) is 0 Å². The Morgan fingerprint density at radius 2 is 1.95 bits per heavy atom. The van der Waals surface area contributed by atoms with Crippen molar-refractivity contribution in [2.24, 2.45) is 5.92 Å². The molecule has 1 atom stereocenters. The highest BCUT2D eigenvalue weighted by molar-refractivity contribution is 5.96. The lowest BCUT2D eigenvalue weighted by Crippen LogP contribution is -2.46. The first-order valence-corrected chi connectivity index (χ1v) is 6.75. The minimum absolute atomic E-state index is 0.0320. The quantitative estimate of drug-likeness (QED) is 0.776. The molecule has 6 heteroatoms. The number of carboxylic acids is 1. The van der Waals surface area contributed by atoms with Crippen molar-refractivity contribution in [3.8, 4) is 5.75 Å². The number of carbonyl (C=O) groups is 2. The summed E-state index contributed by atoms with van der Waals surface area (Å²) in [7, 11) is 0. The second kappa shape index (κ2) is 6.36. The number of hydrogen-bond acceptors (Lipinski definition) is 4. The lowest BCUT2D eigenvalue weighted by atomic mass is 9.84. The average Bonchev–Trinajstić information content (AvgIpc) is 2.45. The first-order chi connectivity index (χ1) is 9.58. The van der Waals surface area contributed by atoms with Gasteiger partial charge in [-0.2, -0.15) is 0 Å². The Balaban J connectivity index is 2.07. The van der Waals surface area contributed by atoms with Gasteiger partial charge in [0.1, 0.15) is 11.8 Å². The Hall–Kier alpha value is -2.11. The number of carboxylic acid groups (broad SMARTS) is 1. The Bertz CT molecular complexity index is 498. The molecule has 0 aliphatic heterocycles. The normalized spacial score (nSPS) is 17.4. The molecule has 1 aromatic rings. The van der Waals surface area contributed by atoms with Gasteiger partial charge in [-0.15, -0.1) is 0 Å². The zero-order valence-corrected chi connectivity index (χ0v) is 11.1. The fourth-order valence-electron chi connectivity index (χ4n) is 2.63. The summed E-state index contributed by atoms with van der Waals surface area (Å²) in [5, 5.41) is 21.1. The molecule has 1 fully saturated rings. The summed E-state index contributed by atoms with van der Waals surface area (Å²) >= 11 is 0. The van der Waals surface area contributed by atoms with Crippen LogP contribution in [-0.4, -0.2) is 33.1 Å². The topological polar surface area (TPSA) is 99.5 Å². The third-order valence-corrected chi connectivity index (χ3v) is 3.66. The highest BCUT2D eigenvalue weighted by Crippen LogP contribution is 2.26. The smallest absolute Gasteiger partial charge is 0.326 e. The van der Waals surface area contributed by atoms with Crippen molar-refractivity contribution >= 4 is 11.9 Å². The number of aromatic hydroxyl groups is 1. The fraction of sp³-hybridized carbons (Fsp3) is 0.500. The molecule has 6 nitrogen and oxygen atoms in total. The minimum Gasteiger partial charge on any atom is -0.506 e. The molecule has 0 bridgehead atoms. The molecule has 20 heavy (non-hydrogen) atoms. The van der Waals surface area contributed by atoms with Gasteiger partial charge in [0.05, 0.1) is 11.8 Å². The Kier molecular flexibility index (Phi) is 4.55. The van der Waals surface area contributed by atoms with Crippen LogP contribution < -0.4 is 5.32 Å². The molecule has 2 rings (SSSR count). The van der Waals surface area contributed by atoms with E-state index in [1.54, 1.807) is 0 Å². The molecule has 1 unspecified atom stereocenters. The number of nitrogens with one attached hydrogen (secondary N) is 1. The molecular formula is C14H18N2O4. The van der Waals surface area contributed by atoms with Crippen LogP contribution in [0, 0.1) is 5.92 Å². The second-order valence-electron chi connectivity index (χ2n) is 5.12. The molecule has 0 aromatic carbocycles. The van der Waals surface area contributed by atoms with Gasteiger partial charge < -0.3 is 15.5 Å². The van der Waals surface area contributed by atoms with Crippen LogP contribution in [0.15, 0.2) is 18.5 Å². The third-order valence-electron chi connectivity index (χ3n) is 3.66. The summed E-state index contributed by atoms with van der Waals surface area (Å²) in [6.45, 7) is 0. The maximum absolute atomic E-state index is 12.0. The molecular weight excluding hydrogens is 260 g/mol. The molecule has 108 valence electrons. The van der Waals surface area contributed by atoms with Crippen molar-refractivity contribution in [2.75, 3.05) is 0 Å². The highest BCUT2D eigenvalue weighted by Gasteiger charge is 2.31. The van der Waals surface area contributed by atoms with Crippen LogP contribution in [0.1, 0.15) is 42.5 Å². The molecule has 1 heterocycles. The Morgan fingerprint density at radius 3 is 2.55 bits per heavy atom. The van der Waals surface area contributed by atoms with E-state index in [-0.39, 0.29) is 17.2 Å². The maximum atomic E-state index is 12.0. The van der Waals surface area contributed by atoms with Crippen LogP contribution in [0.5, 0.6) is 5.75 Å². The zero-order valence-electron chi connectivity index (χ0n) is 11.1. The summed E-state index contributed by atoms with van der Waals surface area (Å²) in [6, 6.07) is 0.382. The van der Waals surface area contributed by atoms with Crippen molar-refractivity contribution in [3.05, 3.63) is 24.0 Å². The summed E-state index contributed by atoms with van der Waals surface area (Å²) in [5.41, 5.74) is 0.159. The lowest BCUT2D eigenvalue weighted by Gasteiger charge is -2.28. The van der Waals surface area contributed by atoms with Crippen molar-refractivity contribution in [2.45, 2.75) is 38.1 Å². The van der Waals surface area contributed by atoms with E-state index < -0.39 is 17.9 Å². The van der Waals surface area contributed by atoms with Gasteiger partial charge in [-0.3, -0.25) is 9.78 Å². The largest absolute Gasteiger partial charge is 0.506 e. The van der Waals surface area contributed by atoms with Crippen LogP contribution in [0.4, 0.5) is 0 Å². The number of nitrogens with zero attached hydrogens (tertiary/aromatic N) is 1. The van der Waals surface area contributed by atoms with Gasteiger partial charge in [-0.1, -0.05) is 19.3 Å². The van der Waals surface area contributed by atoms with E-state index in [4.69, 9.17) is 0 Å². The second-order valence-corrected chi connectivity index (χ2v) is 5.12. The zero-order chi connectivity index (χ0) is 14.5. The summed E-state index contributed by atoms with van der Waals surface area (Å²) in [6.07, 6.45) is 7.26. The van der Waals surface area contributed by atoms with E-state index in [0.717, 1.165) is 32.1 Å². The number of pyridine rings is 1. The monoisotopic (exact) mass is 278 g/mol. The molecule has 0 saturated heterocycles. The van der Waals surface area contributed by atoms with Crippen LogP contribution in [0.3, 0.4) is 0 Å². The van der Waals surface area contributed by atoms with Gasteiger partial charge in [0.15, 0.2) is 0 Å². The first kappa shape index (κ1) is 14.3. The predicted molar refractivity (Wildman–Crippen MR) is 71.4 cm³/mol. The molecule has 1 amide bonds. The van der Waals surface area contributed by atoms with E-state index in [9.17, 15) is 19.8 Å². The number of aromatic nitrogens is 1. The third kappa shape index (κ3) is 3.46. The van der Waals surface area contributed by atoms with Crippen molar-refractivity contribution in [1.82, 2.24) is 10.3 Å². The minimum atomic E-state index is -1.02. The summed E-state index contributed by atoms with van der Waals surface area (Å²) < 4.78 is 0. The lowest BCUT2D eigenvalue weighted by molar-refractivity contribution is -0.141. The Morgan fingerprint density at radius 1 is 1.25 bits per heavy atom. The fourth-order valence-corrected chi connectivity index (χ4v) is 2.63. The molecule has 1 aliphatic carbocycles. The SMILES string of the molecule is O=C(NC(C(=O)O)C1CCCCC1)c1cncc(O)c1. The maximum Gasteiger partial charge on any atom is 0.326 e. The van der Waals surface area contributed by atoms with Gasteiger partial charge in [-0.05, 0) is 24.8 Å². The van der Waals surface area contributed by atoms with Crippen molar-refractivity contribution in [1.29, 1.82) is 0 Å². The van der Waals surface area contributed by atoms with Gasteiger partial charge >= 0.3 is 5.97 Å². The van der Waals surface area contributed by atoms with Crippen LogP contribution >= 0.6 is 0 Å². The molecule has 3 N–H and O–H groups in total. The summed E-state index contributed by atoms with van der Waals surface area (Å²) in [5.74, 6) is -1.69. The number of rotatable bonds is 4. The van der Waals surface area contributed by atoms with E-state index in [2.05, 4.69) is 10.3 Å². The number of amides is 1. The van der Waals surface area contributed by atoms with Crippen LogP contribution in [0.2, 0.25) is 0 Å². The number of aliphatic carboxylic acids is 1. The van der Waals surface area contributed by atoms with Gasteiger partial charge in [0.25, 0.3) is 5.91 Å². The van der Waals surface area contributed by atoms with E-state index >= 15 is 0 Å². The molecule has 0 spiro atoms. The van der Waals surface area contributed by atoms with Crippen molar-refractivity contribution in [3.63, 3.8) is 0 Å². The van der Waals surface area contributed by atoms with Crippen LogP contribution in [-0.2, 0) is 4.79 Å². The molecule has 1 aliphatic rings. The predicted octanol–water partition coefficient (Wildman–Crippen LogP) is 1.55. The highest BCUT2D eigenvalue weighted by atomic mass is 16.4. The number of hydrogen-bond donors (Lipinski definition) is 3. The van der Waals surface area contributed by atoms with E-state index in [1.165, 1.54) is 18.5 Å². The first-order valence-electron chi connectivity index (χ1n) is 6.75. The molecule has 0 radical (unpaired) electrons. The summed E-state index contributed by atoms with van der Waals surface area (Å²) in [4.78, 5) is 27.1. The average molecular weight is 278 g/mol. The van der Waals surface area contributed by atoms with Crippen LogP contribution in [0.25, 0.3) is 0 Å². The molecule has 1 saturated carbocycles. The van der Waals surface area contributed by atoms with Crippen molar-refractivity contribution < 1.29 is 19.8 Å². The van der Waals surface area contributed by atoms with Gasteiger partial charge in [-0.25, -0.2) is 4.79 Å². The number of carbonyl (C=O) groups excluding carboxylic acids is 1. The standard InChI is InChI=1S/C14H18N2O4/c17-11-6-10(7-15-8-11)13(18)16-12(14(19)20)9-4-2-1-3-5-9/h6-9,12,17H,1-5H2,(H,16,18)(H,19,20). The van der Waals surface area contributed by atoms with Gasteiger partial charge in [0.2, 0.25) is 0 Å².